The number of furan rings is 1. The van der Waals surface area contributed by atoms with Crippen LogP contribution in [0.4, 0.5) is 0 Å². The maximum Gasteiger partial charge on any atom is 0.197 e. The van der Waals surface area contributed by atoms with Crippen LogP contribution in [0.2, 0.25) is 5.22 Å². The molecule has 1 atom stereocenters. The standard InChI is InChI=1S/C11H9Cl2NO/c12-10(9-3-6-15-11(9)13)7-8-1-4-14-5-2-8/h1-6,10H,7H2. The molecular formula is C11H9Cl2NO. The zero-order valence-electron chi connectivity index (χ0n) is 7.86. The fourth-order valence-corrected chi connectivity index (χ4v) is 2.02. The molecule has 2 nitrogen and oxygen atoms in total. The van der Waals surface area contributed by atoms with Crippen molar-refractivity contribution in [2.75, 3.05) is 0 Å². The van der Waals surface area contributed by atoms with Gasteiger partial charge in [-0.05, 0) is 41.8 Å². The Bertz CT molecular complexity index is 427. The van der Waals surface area contributed by atoms with E-state index in [-0.39, 0.29) is 5.38 Å². The lowest BCUT2D eigenvalue weighted by Crippen LogP contribution is -1.94. The van der Waals surface area contributed by atoms with Crippen molar-refractivity contribution in [3.8, 4) is 0 Å². The van der Waals surface area contributed by atoms with E-state index in [1.807, 2.05) is 12.1 Å². The topological polar surface area (TPSA) is 26.0 Å². The average molecular weight is 242 g/mol. The van der Waals surface area contributed by atoms with Crippen LogP contribution in [0, 0.1) is 0 Å². The van der Waals surface area contributed by atoms with E-state index in [4.69, 9.17) is 27.6 Å². The second-order valence-corrected chi connectivity index (χ2v) is 4.05. The lowest BCUT2D eigenvalue weighted by molar-refractivity contribution is 0.565. The number of nitrogens with zero attached hydrogens (tertiary/aromatic N) is 1. The van der Waals surface area contributed by atoms with Crippen molar-refractivity contribution >= 4 is 23.2 Å². The first-order valence-electron chi connectivity index (χ1n) is 4.53. The Balaban J connectivity index is 2.11. The molecule has 0 bridgehead atoms. The predicted molar refractivity (Wildman–Crippen MR) is 60.3 cm³/mol. The van der Waals surface area contributed by atoms with Crippen LogP contribution in [-0.4, -0.2) is 4.98 Å². The van der Waals surface area contributed by atoms with E-state index in [2.05, 4.69) is 4.98 Å². The molecule has 0 aliphatic rings. The highest BCUT2D eigenvalue weighted by Crippen LogP contribution is 2.31. The normalized spacial score (nSPS) is 12.7. The molecule has 0 spiro atoms. The minimum Gasteiger partial charge on any atom is -0.453 e. The first-order chi connectivity index (χ1) is 7.27. The van der Waals surface area contributed by atoms with Crippen molar-refractivity contribution in [3.63, 3.8) is 0 Å². The Hall–Kier alpha value is -0.990. The Morgan fingerprint density at radius 3 is 2.60 bits per heavy atom. The smallest absolute Gasteiger partial charge is 0.197 e. The van der Waals surface area contributed by atoms with Crippen LogP contribution >= 0.6 is 23.2 Å². The van der Waals surface area contributed by atoms with E-state index in [0.29, 0.717) is 11.6 Å². The van der Waals surface area contributed by atoms with E-state index in [1.54, 1.807) is 24.7 Å². The van der Waals surface area contributed by atoms with Crippen LogP contribution in [0.3, 0.4) is 0 Å². The third-order valence-electron chi connectivity index (χ3n) is 2.15. The Morgan fingerprint density at radius 2 is 2.00 bits per heavy atom. The van der Waals surface area contributed by atoms with Gasteiger partial charge in [0.25, 0.3) is 0 Å². The van der Waals surface area contributed by atoms with Gasteiger partial charge in [-0.2, -0.15) is 0 Å². The highest BCUT2D eigenvalue weighted by Gasteiger charge is 2.14. The van der Waals surface area contributed by atoms with Gasteiger partial charge in [-0.1, -0.05) is 0 Å². The number of rotatable bonds is 3. The third kappa shape index (κ3) is 2.52. The van der Waals surface area contributed by atoms with Gasteiger partial charge >= 0.3 is 0 Å². The molecule has 2 rings (SSSR count). The Kier molecular flexibility index (Phi) is 3.29. The fraction of sp³-hybridized carbons (Fsp3) is 0.182. The summed E-state index contributed by atoms with van der Waals surface area (Å²) in [5, 5.41) is 0.197. The molecule has 1 unspecified atom stereocenters. The number of halogens is 2. The molecule has 0 fully saturated rings. The number of hydrogen-bond acceptors (Lipinski definition) is 2. The van der Waals surface area contributed by atoms with Crippen LogP contribution in [0.25, 0.3) is 0 Å². The molecule has 0 radical (unpaired) electrons. The maximum atomic E-state index is 6.22. The van der Waals surface area contributed by atoms with Gasteiger partial charge in [0.2, 0.25) is 0 Å². The molecular weight excluding hydrogens is 233 g/mol. The highest BCUT2D eigenvalue weighted by molar-refractivity contribution is 6.31. The molecule has 0 N–H and O–H groups in total. The summed E-state index contributed by atoms with van der Waals surface area (Å²) in [6.45, 7) is 0. The van der Waals surface area contributed by atoms with Crippen LogP contribution in [0.5, 0.6) is 0 Å². The molecule has 2 aromatic rings. The third-order valence-corrected chi connectivity index (χ3v) is 2.84. The van der Waals surface area contributed by atoms with Crippen molar-refractivity contribution in [3.05, 3.63) is 53.2 Å². The van der Waals surface area contributed by atoms with E-state index in [0.717, 1.165) is 11.1 Å². The summed E-state index contributed by atoms with van der Waals surface area (Å²) in [6, 6.07) is 5.66. The van der Waals surface area contributed by atoms with Crippen LogP contribution in [-0.2, 0) is 6.42 Å². The summed E-state index contributed by atoms with van der Waals surface area (Å²) < 4.78 is 4.99. The SMILES string of the molecule is Clc1occc1C(Cl)Cc1ccncc1. The van der Waals surface area contributed by atoms with Crippen LogP contribution in [0.15, 0.2) is 41.3 Å². The molecule has 4 heteroatoms. The first kappa shape index (κ1) is 10.5. The molecule has 0 aromatic carbocycles. The summed E-state index contributed by atoms with van der Waals surface area (Å²) in [4.78, 5) is 3.95. The zero-order valence-corrected chi connectivity index (χ0v) is 9.37. The zero-order chi connectivity index (χ0) is 10.7. The van der Waals surface area contributed by atoms with Crippen molar-refractivity contribution in [2.24, 2.45) is 0 Å². The minimum atomic E-state index is -0.168. The average Bonchev–Trinajstić information content (AvgIpc) is 2.66. The molecule has 0 aliphatic carbocycles. The molecule has 0 aliphatic heterocycles. The number of pyridine rings is 1. The van der Waals surface area contributed by atoms with Gasteiger partial charge in [0, 0.05) is 18.0 Å². The molecule has 2 heterocycles. The molecule has 2 aromatic heterocycles. The molecule has 0 saturated heterocycles. The van der Waals surface area contributed by atoms with E-state index in [9.17, 15) is 0 Å². The Morgan fingerprint density at radius 1 is 1.27 bits per heavy atom. The predicted octanol–water partition coefficient (Wildman–Crippen LogP) is 3.85. The van der Waals surface area contributed by atoms with E-state index >= 15 is 0 Å². The number of alkyl halides is 1. The van der Waals surface area contributed by atoms with Gasteiger partial charge in [0.15, 0.2) is 5.22 Å². The summed E-state index contributed by atoms with van der Waals surface area (Å²) in [7, 11) is 0. The Labute approximate surface area is 97.8 Å². The second-order valence-electron chi connectivity index (χ2n) is 3.18. The van der Waals surface area contributed by atoms with Crippen LogP contribution in [0.1, 0.15) is 16.5 Å². The van der Waals surface area contributed by atoms with Gasteiger partial charge in [-0.3, -0.25) is 4.98 Å². The summed E-state index contributed by atoms with van der Waals surface area (Å²) in [6.07, 6.45) is 5.74. The first-order valence-corrected chi connectivity index (χ1v) is 5.34. The van der Waals surface area contributed by atoms with Crippen molar-refractivity contribution in [1.29, 1.82) is 0 Å². The summed E-state index contributed by atoms with van der Waals surface area (Å²) >= 11 is 12.1. The lowest BCUT2D eigenvalue weighted by atomic mass is 10.1. The second kappa shape index (κ2) is 4.69. The van der Waals surface area contributed by atoms with Gasteiger partial charge in [0.05, 0.1) is 11.6 Å². The monoisotopic (exact) mass is 241 g/mol. The van der Waals surface area contributed by atoms with Crippen molar-refractivity contribution < 1.29 is 4.42 Å². The lowest BCUT2D eigenvalue weighted by Gasteiger charge is -2.07. The van der Waals surface area contributed by atoms with Gasteiger partial charge in [-0.25, -0.2) is 0 Å². The molecule has 0 amide bonds. The molecule has 0 saturated carbocycles. The highest BCUT2D eigenvalue weighted by atomic mass is 35.5. The van der Waals surface area contributed by atoms with Crippen molar-refractivity contribution in [1.82, 2.24) is 4.98 Å². The fourth-order valence-electron chi connectivity index (χ4n) is 1.36. The molecule has 15 heavy (non-hydrogen) atoms. The van der Waals surface area contributed by atoms with Gasteiger partial charge < -0.3 is 4.42 Å². The largest absolute Gasteiger partial charge is 0.453 e. The quantitative estimate of drug-likeness (QED) is 0.764. The number of hydrogen-bond donors (Lipinski definition) is 0. The maximum absolute atomic E-state index is 6.22. The van der Waals surface area contributed by atoms with E-state index < -0.39 is 0 Å². The molecule has 78 valence electrons. The van der Waals surface area contributed by atoms with Crippen molar-refractivity contribution in [2.45, 2.75) is 11.8 Å². The minimum absolute atomic E-state index is 0.168. The van der Waals surface area contributed by atoms with E-state index in [1.165, 1.54) is 0 Å². The summed E-state index contributed by atoms with van der Waals surface area (Å²) in [5.41, 5.74) is 1.96. The van der Waals surface area contributed by atoms with Crippen LogP contribution < -0.4 is 0 Å². The summed E-state index contributed by atoms with van der Waals surface area (Å²) in [5.74, 6) is 0. The number of aromatic nitrogens is 1. The van der Waals surface area contributed by atoms with Gasteiger partial charge in [-0.15, -0.1) is 11.6 Å². The van der Waals surface area contributed by atoms with Gasteiger partial charge in [0.1, 0.15) is 0 Å².